The lowest BCUT2D eigenvalue weighted by Crippen LogP contribution is -2.60. The van der Waals surface area contributed by atoms with Gasteiger partial charge in [-0.05, 0) is 55.7 Å². The van der Waals surface area contributed by atoms with Crippen molar-refractivity contribution >= 4 is 34.2 Å². The molecule has 4 aromatic rings. The molecule has 1 unspecified atom stereocenters. The van der Waals surface area contributed by atoms with Crippen LogP contribution in [0.2, 0.25) is 0 Å². The molecule has 3 amide bonds. The van der Waals surface area contributed by atoms with Crippen LogP contribution in [-0.2, 0) is 16.6 Å². The number of urea groups is 1. The van der Waals surface area contributed by atoms with Gasteiger partial charge in [0, 0.05) is 59.0 Å². The van der Waals surface area contributed by atoms with E-state index < -0.39 is 16.5 Å². The van der Waals surface area contributed by atoms with Crippen molar-refractivity contribution in [2.45, 2.75) is 56.4 Å². The van der Waals surface area contributed by atoms with Crippen molar-refractivity contribution < 1.29 is 19.2 Å². The predicted octanol–water partition coefficient (Wildman–Crippen LogP) is 5.62. The number of nitro benzene ring substituents is 1. The number of pyridine rings is 1. The van der Waals surface area contributed by atoms with Gasteiger partial charge in [-0.3, -0.25) is 19.9 Å². The third kappa shape index (κ3) is 6.61. The van der Waals surface area contributed by atoms with Crippen LogP contribution in [0.25, 0.3) is 10.9 Å². The summed E-state index contributed by atoms with van der Waals surface area (Å²) in [6, 6.07) is 16.6. The number of nitrogens with zero attached hydrogens (tertiary/aromatic N) is 2. The van der Waals surface area contributed by atoms with Gasteiger partial charge in [0.05, 0.1) is 18.2 Å². The number of fused-ring (bicyclic) bond motifs is 1. The summed E-state index contributed by atoms with van der Waals surface area (Å²) in [7, 11) is 1.60. The molecular formula is C32H36N6O5. The SMILES string of the molecule is COc1ccc(C2(CNC(=O)C(C)(Cc3c[nH]c4ccccc34)NC(=O)Nc3ccc([N+](=O)[O-])cc3)CCCCC2)nc1. The van der Waals surface area contributed by atoms with E-state index in [1.165, 1.54) is 24.3 Å². The number of methoxy groups -OCH3 is 1. The Balaban J connectivity index is 1.38. The molecule has 0 aliphatic heterocycles. The van der Waals surface area contributed by atoms with E-state index in [1.807, 2.05) is 42.6 Å². The van der Waals surface area contributed by atoms with E-state index >= 15 is 0 Å². The van der Waals surface area contributed by atoms with Crippen molar-refractivity contribution in [3.05, 3.63) is 94.4 Å². The van der Waals surface area contributed by atoms with Gasteiger partial charge >= 0.3 is 6.03 Å². The highest BCUT2D eigenvalue weighted by Crippen LogP contribution is 2.38. The lowest BCUT2D eigenvalue weighted by Gasteiger charge is -2.38. The highest BCUT2D eigenvalue weighted by atomic mass is 16.6. The van der Waals surface area contributed by atoms with Crippen molar-refractivity contribution in [3.63, 3.8) is 0 Å². The molecule has 1 aliphatic carbocycles. The molecule has 1 fully saturated rings. The van der Waals surface area contributed by atoms with Crippen LogP contribution in [0.5, 0.6) is 5.75 Å². The number of benzene rings is 2. The van der Waals surface area contributed by atoms with Crippen LogP contribution >= 0.6 is 0 Å². The zero-order valence-electron chi connectivity index (χ0n) is 24.3. The first-order valence-corrected chi connectivity index (χ1v) is 14.4. The Bertz CT molecular complexity index is 1590. The maximum absolute atomic E-state index is 14.1. The van der Waals surface area contributed by atoms with Crippen molar-refractivity contribution in [1.29, 1.82) is 0 Å². The number of anilines is 1. The van der Waals surface area contributed by atoms with E-state index in [0.29, 0.717) is 18.0 Å². The smallest absolute Gasteiger partial charge is 0.320 e. The molecule has 5 rings (SSSR count). The molecule has 0 saturated heterocycles. The number of carbonyl (C=O) groups excluding carboxylic acids is 2. The van der Waals surface area contributed by atoms with E-state index in [0.717, 1.165) is 54.3 Å². The second-order valence-corrected chi connectivity index (χ2v) is 11.4. The summed E-state index contributed by atoms with van der Waals surface area (Å²) >= 11 is 0. The third-order valence-corrected chi connectivity index (χ3v) is 8.36. The van der Waals surface area contributed by atoms with Gasteiger partial charge in [-0.2, -0.15) is 0 Å². The Labute approximate surface area is 249 Å². The lowest BCUT2D eigenvalue weighted by molar-refractivity contribution is -0.384. The van der Waals surface area contributed by atoms with Crippen molar-refractivity contribution in [2.24, 2.45) is 0 Å². The van der Waals surface area contributed by atoms with Gasteiger partial charge in [0.1, 0.15) is 11.3 Å². The molecule has 4 N–H and O–H groups in total. The van der Waals surface area contributed by atoms with Crippen molar-refractivity contribution in [1.82, 2.24) is 20.6 Å². The van der Waals surface area contributed by atoms with Crippen LogP contribution < -0.4 is 20.7 Å². The molecule has 1 aliphatic rings. The second kappa shape index (κ2) is 12.5. The number of nitro groups is 1. The van der Waals surface area contributed by atoms with Crippen LogP contribution in [0, 0.1) is 10.1 Å². The molecule has 0 radical (unpaired) electrons. The number of aromatic nitrogens is 2. The number of nitrogens with one attached hydrogen (secondary N) is 4. The first kappa shape index (κ1) is 29.6. The fourth-order valence-corrected chi connectivity index (χ4v) is 5.93. The van der Waals surface area contributed by atoms with E-state index in [1.54, 1.807) is 20.2 Å². The number of rotatable bonds is 10. The minimum Gasteiger partial charge on any atom is -0.495 e. The second-order valence-electron chi connectivity index (χ2n) is 11.4. The Hall–Kier alpha value is -4.93. The third-order valence-electron chi connectivity index (χ3n) is 8.36. The Morgan fingerprint density at radius 1 is 1.07 bits per heavy atom. The number of aromatic amines is 1. The summed E-state index contributed by atoms with van der Waals surface area (Å²) in [5.74, 6) is 0.350. The molecule has 0 bridgehead atoms. The monoisotopic (exact) mass is 584 g/mol. The van der Waals surface area contributed by atoms with Gasteiger partial charge in [-0.1, -0.05) is 37.5 Å². The number of non-ortho nitro benzene ring substituents is 1. The summed E-state index contributed by atoms with van der Waals surface area (Å²) in [6.07, 6.45) is 8.77. The van der Waals surface area contributed by atoms with Gasteiger partial charge < -0.3 is 25.7 Å². The molecule has 224 valence electrons. The zero-order valence-corrected chi connectivity index (χ0v) is 24.3. The lowest BCUT2D eigenvalue weighted by atomic mass is 9.71. The van der Waals surface area contributed by atoms with Crippen LogP contribution in [0.1, 0.15) is 50.3 Å². The number of amides is 3. The molecule has 11 nitrogen and oxygen atoms in total. The molecule has 2 aromatic carbocycles. The first-order chi connectivity index (χ1) is 20.7. The molecule has 1 saturated carbocycles. The molecule has 1 atom stereocenters. The molecule has 2 heterocycles. The van der Waals surface area contributed by atoms with Crippen LogP contribution in [-0.4, -0.2) is 46.0 Å². The highest BCUT2D eigenvalue weighted by molar-refractivity contribution is 5.96. The van der Waals surface area contributed by atoms with Crippen LogP contribution in [0.4, 0.5) is 16.2 Å². The first-order valence-electron chi connectivity index (χ1n) is 14.4. The Kier molecular flexibility index (Phi) is 8.61. The zero-order chi connectivity index (χ0) is 30.5. The quantitative estimate of drug-likeness (QED) is 0.140. The molecule has 11 heteroatoms. The number of ether oxygens (including phenoxy) is 1. The molecular weight excluding hydrogens is 548 g/mol. The minimum absolute atomic E-state index is 0.0856. The number of H-pyrrole nitrogens is 1. The summed E-state index contributed by atoms with van der Waals surface area (Å²) < 4.78 is 5.30. The normalized spacial score (nSPS) is 15.7. The van der Waals surface area contributed by atoms with E-state index in [-0.39, 0.29) is 23.4 Å². The number of carbonyl (C=O) groups is 2. The Morgan fingerprint density at radius 3 is 2.49 bits per heavy atom. The topological polar surface area (TPSA) is 151 Å². The van der Waals surface area contributed by atoms with Crippen LogP contribution in [0.3, 0.4) is 0 Å². The summed E-state index contributed by atoms with van der Waals surface area (Å²) in [4.78, 5) is 45.7. The fraction of sp³-hybridized carbons (Fsp3) is 0.344. The molecule has 2 aromatic heterocycles. The van der Waals surface area contributed by atoms with Crippen molar-refractivity contribution in [3.8, 4) is 5.75 Å². The van der Waals surface area contributed by atoms with Gasteiger partial charge in [-0.25, -0.2) is 4.79 Å². The van der Waals surface area contributed by atoms with Gasteiger partial charge in [0.15, 0.2) is 0 Å². The fourth-order valence-electron chi connectivity index (χ4n) is 5.93. The van der Waals surface area contributed by atoms with E-state index in [9.17, 15) is 19.7 Å². The summed E-state index contributed by atoms with van der Waals surface area (Å²) in [5, 5.41) is 20.7. The summed E-state index contributed by atoms with van der Waals surface area (Å²) in [5.41, 5.74) is 1.34. The van der Waals surface area contributed by atoms with Crippen LogP contribution in [0.15, 0.2) is 73.1 Å². The average molecular weight is 585 g/mol. The highest BCUT2D eigenvalue weighted by Gasteiger charge is 2.40. The summed E-state index contributed by atoms with van der Waals surface area (Å²) in [6.45, 7) is 2.08. The minimum atomic E-state index is -1.33. The average Bonchev–Trinajstić information content (AvgIpc) is 3.42. The largest absolute Gasteiger partial charge is 0.495 e. The number of hydrogen-bond acceptors (Lipinski definition) is 6. The van der Waals surface area contributed by atoms with Crippen molar-refractivity contribution in [2.75, 3.05) is 19.0 Å². The van der Waals surface area contributed by atoms with Gasteiger partial charge in [0.2, 0.25) is 5.91 Å². The number of para-hydroxylation sites is 1. The predicted molar refractivity (Wildman–Crippen MR) is 164 cm³/mol. The van der Waals surface area contributed by atoms with E-state index in [4.69, 9.17) is 9.72 Å². The van der Waals surface area contributed by atoms with Gasteiger partial charge in [0.25, 0.3) is 5.69 Å². The standard InChI is InChI=1S/C32H36N6O5/c1-31(18-22-19-33-27-9-5-4-8-26(22)27,37-30(40)36-23-10-12-24(13-11-23)38(41)42)29(39)35-21-32(16-6-3-7-17-32)28-15-14-25(43-2)20-34-28/h4-5,8-15,19-20,33H,3,6-7,16-18,21H2,1-2H3,(H,35,39)(H2,36,37,40). The maximum atomic E-state index is 14.1. The number of hydrogen-bond donors (Lipinski definition) is 4. The molecule has 43 heavy (non-hydrogen) atoms. The Morgan fingerprint density at radius 2 is 1.81 bits per heavy atom. The maximum Gasteiger partial charge on any atom is 0.320 e. The molecule has 0 spiro atoms. The van der Waals surface area contributed by atoms with E-state index in [2.05, 4.69) is 20.9 Å². The van der Waals surface area contributed by atoms with Gasteiger partial charge in [-0.15, -0.1) is 0 Å².